The van der Waals surface area contributed by atoms with Crippen LogP contribution in [-0.4, -0.2) is 15.8 Å². The smallest absolute Gasteiger partial charge is 0.252 e. The number of nitrogens with zero attached hydrogens (tertiary/aromatic N) is 4. The van der Waals surface area contributed by atoms with E-state index in [1.807, 2.05) is 133 Å². The van der Waals surface area contributed by atoms with Gasteiger partial charge in [-0.1, -0.05) is 275 Å². The SMILES string of the molecule is [2H]c1c([2H])c([2H])c2c(c1[2H])c1c([2H])c(-c3ccc4oc5ccccc5c4c3)c([2H])c([2H])c1n2-c1ccc2c(c1)N1c3cc(C(C)(C)C)cc4c3B2c2ccc(-n3c5c([2H])c([2H])c([2H])c([2H])c5c5c([2H])c(-c6ccc7oc8ccccc8c7c6)c([2H])c([2H])c53)cc2N4c2c(-c3ccccc3)cccc2-c2cccc(c2)-c2ccc3oc4ccc(cc4c3c2)-c2cccc(c2)-c2cccc(-c3ccccc3)c21. The zero-order chi connectivity index (χ0) is 95.1. The lowest BCUT2D eigenvalue weighted by Gasteiger charge is -2.46. The standard InChI is InChI=1S/C118H75BN4O3/c1-118(2,3)82-66-107-115-108(67-82)123-106-69-84(121-102-39-15-11-31-90(102)94-61-75(43-53-104(94)121)79-47-55-112-96(63-79)92-33-13-17-41-110(92)125-112)49-51-100(106)119(115)99-50-48-83(120-101-38-14-10-30-89(101)93-60-74(42-52-103(93)120)78-46-54-111-95(62-78)91-32-12-16-40-109(91)124-111)68-105(99)122(107)116-85(70-22-6-4-7-23-70)34-20-36-87(116)80-28-18-26-72(58-80)76-44-56-113-97(64-76)98-65-77(45-57-114(98)126-113)73-27-19-29-81(59-73)88-37-21-35-86(117(88)123)71-24-8-5-9-25-71/h4-69H,1-3H3/i10D,11D,14D,15D,30D,31D,38D,39D,42D,43D,52D,53D,60D,61D. The number of anilines is 6. The van der Waals surface area contributed by atoms with Gasteiger partial charge in [-0.3, -0.25) is 0 Å². The van der Waals surface area contributed by atoms with Gasteiger partial charge in [-0.25, -0.2) is 0 Å². The molecule has 0 spiro atoms. The highest BCUT2D eigenvalue weighted by Crippen LogP contribution is 2.56. The molecule has 3 aliphatic rings. The van der Waals surface area contributed by atoms with Crippen LogP contribution >= 0.6 is 0 Å². The highest BCUT2D eigenvalue weighted by Gasteiger charge is 2.47. The number of furan rings is 3. The van der Waals surface area contributed by atoms with Gasteiger partial charge in [-0.05, 0) is 240 Å². The Bertz CT molecular complexity index is 9200. The predicted molar refractivity (Wildman–Crippen MR) is 527 cm³/mol. The Labute approximate surface area is 746 Å². The van der Waals surface area contributed by atoms with Crippen molar-refractivity contribution < 1.29 is 32.4 Å². The molecular weight excluding hydrogens is 1530 g/mol. The van der Waals surface area contributed by atoms with Crippen molar-refractivity contribution in [2.75, 3.05) is 9.80 Å². The van der Waals surface area contributed by atoms with Gasteiger partial charge in [0.1, 0.15) is 33.5 Å². The Morgan fingerprint density at radius 3 is 1.04 bits per heavy atom. The molecule has 0 amide bonds. The summed E-state index contributed by atoms with van der Waals surface area (Å²) in [7, 11) is 0. The molecule has 0 saturated carbocycles. The first-order valence-electron chi connectivity index (χ1n) is 49.5. The van der Waals surface area contributed by atoms with Crippen LogP contribution in [0.25, 0.3) is 210 Å². The van der Waals surface area contributed by atoms with Gasteiger partial charge in [0.15, 0.2) is 0 Å². The molecule has 0 atom stereocenters. The van der Waals surface area contributed by atoms with Crippen molar-refractivity contribution in [1.29, 1.82) is 0 Å². The van der Waals surface area contributed by atoms with E-state index in [0.29, 0.717) is 56.2 Å². The molecule has 0 aliphatic carbocycles. The largest absolute Gasteiger partial charge is 0.456 e. The summed E-state index contributed by atoms with van der Waals surface area (Å²) in [5.74, 6) is 0. The minimum absolute atomic E-state index is 0.00220. The maximum absolute atomic E-state index is 10.7. The first-order valence-corrected chi connectivity index (χ1v) is 42.5. The van der Waals surface area contributed by atoms with Crippen LogP contribution in [-0.2, 0) is 5.41 Å². The van der Waals surface area contributed by atoms with Crippen molar-refractivity contribution in [2.24, 2.45) is 0 Å². The number of hydrogen-bond donors (Lipinski definition) is 0. The topological polar surface area (TPSA) is 55.8 Å². The average Bonchev–Trinajstić information content (AvgIpc) is 1.14. The second kappa shape index (κ2) is 26.7. The average molecular weight is 1620 g/mol. The van der Waals surface area contributed by atoms with Crippen LogP contribution in [0.4, 0.5) is 34.1 Å². The molecule has 0 N–H and O–H groups in total. The molecule has 27 rings (SSSR count). The first kappa shape index (κ1) is 58.0. The van der Waals surface area contributed by atoms with Crippen molar-refractivity contribution in [2.45, 2.75) is 26.2 Å². The highest BCUT2D eigenvalue weighted by atomic mass is 16.3. The summed E-state index contributed by atoms with van der Waals surface area (Å²) in [6, 6.07) is 101. The zero-order valence-corrected chi connectivity index (χ0v) is 68.1. The van der Waals surface area contributed by atoms with Crippen molar-refractivity contribution in [3.63, 3.8) is 0 Å². The lowest BCUT2D eigenvalue weighted by molar-refractivity contribution is 0.590. The van der Waals surface area contributed by atoms with Gasteiger partial charge in [0.25, 0.3) is 6.71 Å². The molecule has 8 heteroatoms. The molecule has 5 aromatic heterocycles. The fourth-order valence-electron chi connectivity index (χ4n) is 20.4. The van der Waals surface area contributed by atoms with Crippen molar-refractivity contribution in [3.8, 4) is 100 Å². The molecule has 3 aliphatic heterocycles. The number of aromatic nitrogens is 2. The van der Waals surface area contributed by atoms with Gasteiger partial charge in [0.05, 0.1) is 52.6 Å². The Balaban J connectivity index is 0.808. The van der Waals surface area contributed by atoms with Gasteiger partial charge >= 0.3 is 0 Å². The second-order valence-corrected chi connectivity index (χ2v) is 34.3. The van der Waals surface area contributed by atoms with Crippen LogP contribution < -0.4 is 26.2 Å². The van der Waals surface area contributed by atoms with Crippen LogP contribution in [0.2, 0.25) is 0 Å². The molecule has 126 heavy (non-hydrogen) atoms. The van der Waals surface area contributed by atoms with Crippen LogP contribution in [0.3, 0.4) is 0 Å². The van der Waals surface area contributed by atoms with Gasteiger partial charge < -0.3 is 32.2 Å². The van der Waals surface area contributed by atoms with E-state index in [0.717, 1.165) is 155 Å². The summed E-state index contributed by atoms with van der Waals surface area (Å²) < 4.78 is 165. The van der Waals surface area contributed by atoms with Gasteiger partial charge in [-0.2, -0.15) is 0 Å². The van der Waals surface area contributed by atoms with E-state index < -0.39 is 60.5 Å². The van der Waals surface area contributed by atoms with Crippen LogP contribution in [0.1, 0.15) is 45.5 Å². The third kappa shape index (κ3) is 10.5. The normalized spacial score (nSPS) is 14.4. The quantitative estimate of drug-likeness (QED) is 0.155. The van der Waals surface area contributed by atoms with E-state index in [-0.39, 0.29) is 91.0 Å². The zero-order valence-electron chi connectivity index (χ0n) is 82.1. The molecule has 7 nitrogen and oxygen atoms in total. The molecule has 8 heterocycles. The molecule has 588 valence electrons. The van der Waals surface area contributed by atoms with E-state index in [4.69, 9.17) is 13.3 Å². The van der Waals surface area contributed by atoms with Crippen molar-refractivity contribution >= 4 is 167 Å². The molecule has 0 radical (unpaired) electrons. The van der Waals surface area contributed by atoms with Gasteiger partial charge in [0, 0.05) is 110 Å². The molecule has 0 unspecified atom stereocenters. The summed E-state index contributed by atoms with van der Waals surface area (Å²) >= 11 is 0. The Morgan fingerprint density at radius 2 is 0.603 bits per heavy atom. The molecule has 0 saturated heterocycles. The monoisotopic (exact) mass is 1620 g/mol. The number of para-hydroxylation sites is 6. The number of hydrogen-bond acceptors (Lipinski definition) is 5. The fourth-order valence-corrected chi connectivity index (χ4v) is 20.4. The Hall–Kier alpha value is -16.2. The first-order chi connectivity index (χ1) is 67.9. The van der Waals surface area contributed by atoms with Crippen LogP contribution in [0.5, 0.6) is 0 Å². The number of fused-ring (bicyclic) bond motifs is 32. The van der Waals surface area contributed by atoms with Crippen molar-refractivity contribution in [1.82, 2.24) is 9.13 Å². The van der Waals surface area contributed by atoms with E-state index in [2.05, 4.69) is 188 Å². The maximum atomic E-state index is 10.7. The molecular formula is C118H75BN4O3. The summed E-state index contributed by atoms with van der Waals surface area (Å²) in [6.45, 7) is 5.82. The number of rotatable bonds is 6. The Morgan fingerprint density at radius 1 is 0.254 bits per heavy atom. The van der Waals surface area contributed by atoms with Gasteiger partial charge in [-0.15, -0.1) is 0 Å². The minimum atomic E-state index is -0.789. The summed E-state index contributed by atoms with van der Waals surface area (Å²) in [6.07, 6.45) is 0. The fraction of sp³-hybridized carbons (Fsp3) is 0.0339. The van der Waals surface area contributed by atoms with Crippen LogP contribution in [0.15, 0.2) is 413 Å². The Kier molecular flexibility index (Phi) is 12.3. The van der Waals surface area contributed by atoms with E-state index in [1.165, 1.54) is 0 Å². The summed E-state index contributed by atoms with van der Waals surface area (Å²) in [5, 5.41) is 5.04. The third-order valence-corrected chi connectivity index (χ3v) is 26.2. The predicted octanol–water partition coefficient (Wildman–Crippen LogP) is 30.6. The van der Waals surface area contributed by atoms with Crippen molar-refractivity contribution in [3.05, 3.63) is 406 Å². The number of benzene rings is 19. The lowest BCUT2D eigenvalue weighted by Crippen LogP contribution is -2.61. The maximum Gasteiger partial charge on any atom is 0.252 e. The van der Waals surface area contributed by atoms with E-state index in [1.54, 1.807) is 33.4 Å². The molecule has 13 bridgehead atoms. The molecule has 19 aromatic carbocycles. The second-order valence-electron chi connectivity index (χ2n) is 34.3. The summed E-state index contributed by atoms with van der Waals surface area (Å²) in [5.41, 5.74) is 23.1. The van der Waals surface area contributed by atoms with Crippen LogP contribution in [0, 0.1) is 0 Å². The highest BCUT2D eigenvalue weighted by molar-refractivity contribution is 7.00. The minimum Gasteiger partial charge on any atom is -0.456 e. The third-order valence-electron chi connectivity index (χ3n) is 26.2. The van der Waals surface area contributed by atoms with E-state index >= 15 is 0 Å². The van der Waals surface area contributed by atoms with E-state index in [9.17, 15) is 19.2 Å². The molecule has 24 aromatic rings. The molecule has 0 fully saturated rings. The van der Waals surface area contributed by atoms with Gasteiger partial charge in [0.2, 0.25) is 0 Å². The lowest BCUT2D eigenvalue weighted by atomic mass is 9.33. The summed E-state index contributed by atoms with van der Waals surface area (Å²) in [4.78, 5) is 4.74.